The van der Waals surface area contributed by atoms with Crippen molar-refractivity contribution in [3.63, 3.8) is 0 Å². The Hall–Kier alpha value is -0.460. The van der Waals surface area contributed by atoms with E-state index in [0.29, 0.717) is 0 Å². The molecule has 0 aromatic rings. The summed E-state index contributed by atoms with van der Waals surface area (Å²) in [5.74, 6) is -2.58. The predicted octanol–water partition coefficient (Wildman–Crippen LogP) is -0.230. The minimum Gasteiger partial charge on any atom is -0.479 e. The molecule has 0 aliphatic carbocycles. The Labute approximate surface area is 86.2 Å². The number of aliphatic carboxylic acids is 1. The molecule has 0 bridgehead atoms. The van der Waals surface area contributed by atoms with E-state index in [1.165, 1.54) is 13.8 Å². The average Bonchev–Trinajstić information content (AvgIpc) is 2.23. The third-order valence-electron chi connectivity index (χ3n) is 1.95. The molecule has 0 amide bonds. The highest BCUT2D eigenvalue weighted by Gasteiger charge is 2.54. The fourth-order valence-electron chi connectivity index (χ4n) is 1.40. The summed E-state index contributed by atoms with van der Waals surface area (Å²) in [5, 5.41) is 8.91. The summed E-state index contributed by atoms with van der Waals surface area (Å²) in [6.45, 7) is 2.59. The summed E-state index contributed by atoms with van der Waals surface area (Å²) in [4.78, 5) is 28.5. The molecule has 1 heterocycles. The van der Waals surface area contributed by atoms with Crippen molar-refractivity contribution in [2.24, 2.45) is 0 Å². The van der Waals surface area contributed by atoms with Crippen molar-refractivity contribution >= 4 is 13.6 Å². The van der Waals surface area contributed by atoms with Crippen LogP contribution in [0.3, 0.4) is 0 Å². The first-order valence-electron chi connectivity index (χ1n) is 4.18. The van der Waals surface area contributed by atoms with Gasteiger partial charge in [0.15, 0.2) is 5.79 Å². The van der Waals surface area contributed by atoms with E-state index in [9.17, 15) is 9.36 Å². The van der Waals surface area contributed by atoms with E-state index in [1.54, 1.807) is 0 Å². The number of hydrogen-bond acceptors (Lipinski definition) is 4. The van der Waals surface area contributed by atoms with E-state index in [0.717, 1.165) is 0 Å². The van der Waals surface area contributed by atoms with Crippen molar-refractivity contribution in [1.82, 2.24) is 0 Å². The number of ether oxygens (including phenoxy) is 2. The third-order valence-corrected chi connectivity index (χ3v) is 2.87. The van der Waals surface area contributed by atoms with Gasteiger partial charge in [0.1, 0.15) is 0 Å². The van der Waals surface area contributed by atoms with Crippen LogP contribution in [0, 0.1) is 0 Å². The molecule has 1 fully saturated rings. The summed E-state index contributed by atoms with van der Waals surface area (Å²) >= 11 is 0. The van der Waals surface area contributed by atoms with Crippen molar-refractivity contribution in [1.29, 1.82) is 0 Å². The molecule has 1 unspecified atom stereocenters. The van der Waals surface area contributed by atoms with Gasteiger partial charge in [0, 0.05) is 0 Å². The van der Waals surface area contributed by atoms with Crippen molar-refractivity contribution in [2.75, 3.05) is 12.8 Å². The number of hydrogen-bond donors (Lipinski definition) is 3. The molecule has 1 rings (SSSR count). The third kappa shape index (κ3) is 2.99. The summed E-state index contributed by atoms with van der Waals surface area (Å²) in [6.07, 6.45) is -0.890. The second kappa shape index (κ2) is 3.54. The molecule has 0 aromatic heterocycles. The normalized spacial score (nSPS) is 30.4. The first-order chi connectivity index (χ1) is 6.56. The van der Waals surface area contributed by atoms with Crippen molar-refractivity contribution < 1.29 is 33.7 Å². The highest BCUT2D eigenvalue weighted by molar-refractivity contribution is 7.51. The molecule has 1 aliphatic rings. The quantitative estimate of drug-likeness (QED) is 0.584. The van der Waals surface area contributed by atoms with Gasteiger partial charge in [0.25, 0.3) is 0 Å². The minimum absolute atomic E-state index is 0.375. The van der Waals surface area contributed by atoms with E-state index in [-0.39, 0.29) is 6.61 Å². The molecule has 8 heteroatoms. The average molecular weight is 240 g/mol. The second-order valence-corrected chi connectivity index (χ2v) is 5.56. The maximum atomic E-state index is 10.9. The Balaban J connectivity index is 2.93. The summed E-state index contributed by atoms with van der Waals surface area (Å²) in [7, 11) is -4.48. The Morgan fingerprint density at radius 3 is 2.27 bits per heavy atom. The predicted molar refractivity (Wildman–Crippen MR) is 48.4 cm³/mol. The van der Waals surface area contributed by atoms with Gasteiger partial charge in [-0.05, 0) is 13.8 Å². The fourth-order valence-corrected chi connectivity index (χ4v) is 2.36. The molecule has 88 valence electrons. The van der Waals surface area contributed by atoms with Crippen molar-refractivity contribution in [3.05, 3.63) is 0 Å². The maximum absolute atomic E-state index is 10.9. The zero-order chi connectivity index (χ0) is 11.9. The lowest BCUT2D eigenvalue weighted by molar-refractivity contribution is -0.181. The Morgan fingerprint density at radius 1 is 1.47 bits per heavy atom. The Kier molecular flexibility index (Phi) is 2.97. The van der Waals surface area contributed by atoms with E-state index in [4.69, 9.17) is 24.4 Å². The van der Waals surface area contributed by atoms with Gasteiger partial charge < -0.3 is 24.4 Å². The van der Waals surface area contributed by atoms with E-state index in [1.807, 2.05) is 0 Å². The summed E-state index contributed by atoms with van der Waals surface area (Å²) < 4.78 is 20.9. The van der Waals surface area contributed by atoms with Crippen molar-refractivity contribution in [3.8, 4) is 0 Å². The molecular weight excluding hydrogens is 227 g/mol. The first-order valence-corrected chi connectivity index (χ1v) is 5.98. The molecular formula is C7H13O7P. The Bertz CT molecular complexity index is 319. The van der Waals surface area contributed by atoms with Gasteiger partial charge in [-0.25, -0.2) is 4.79 Å². The second-order valence-electron chi connectivity index (χ2n) is 3.91. The zero-order valence-corrected chi connectivity index (χ0v) is 9.23. The first kappa shape index (κ1) is 12.6. The smallest absolute Gasteiger partial charge is 0.339 e. The number of carboxylic acids is 1. The molecule has 3 N–H and O–H groups in total. The van der Waals surface area contributed by atoms with Crippen LogP contribution >= 0.6 is 7.60 Å². The molecule has 0 spiro atoms. The van der Waals surface area contributed by atoms with Crippen LogP contribution in [0.1, 0.15) is 13.8 Å². The molecule has 1 atom stereocenters. The monoisotopic (exact) mass is 240 g/mol. The molecule has 0 saturated carbocycles. The zero-order valence-electron chi connectivity index (χ0n) is 8.34. The van der Waals surface area contributed by atoms with Crippen LogP contribution < -0.4 is 0 Å². The lowest BCUT2D eigenvalue weighted by Gasteiger charge is -2.24. The van der Waals surface area contributed by atoms with Gasteiger partial charge in [-0.1, -0.05) is 0 Å². The SMILES string of the molecule is CC1(C)OCC(CP(=O)(O)O)(C(=O)O)O1. The van der Waals surface area contributed by atoms with Crippen LogP contribution in [0.5, 0.6) is 0 Å². The van der Waals surface area contributed by atoms with E-state index >= 15 is 0 Å². The number of rotatable bonds is 3. The van der Waals surface area contributed by atoms with E-state index < -0.39 is 31.1 Å². The van der Waals surface area contributed by atoms with Gasteiger partial charge in [0.05, 0.1) is 12.8 Å². The maximum Gasteiger partial charge on any atom is 0.339 e. The van der Waals surface area contributed by atoms with Crippen LogP contribution in [-0.4, -0.2) is 45.0 Å². The topological polar surface area (TPSA) is 113 Å². The highest BCUT2D eigenvalue weighted by Crippen LogP contribution is 2.44. The van der Waals surface area contributed by atoms with Gasteiger partial charge in [-0.2, -0.15) is 0 Å². The van der Waals surface area contributed by atoms with Crippen LogP contribution in [0.4, 0.5) is 0 Å². The largest absolute Gasteiger partial charge is 0.479 e. The van der Waals surface area contributed by atoms with Crippen LogP contribution in [0.25, 0.3) is 0 Å². The number of carboxylic acid groups (broad SMARTS) is 1. The van der Waals surface area contributed by atoms with Crippen LogP contribution in [0.2, 0.25) is 0 Å². The minimum atomic E-state index is -4.48. The van der Waals surface area contributed by atoms with Gasteiger partial charge >= 0.3 is 13.6 Å². The molecule has 1 saturated heterocycles. The lowest BCUT2D eigenvalue weighted by Crippen LogP contribution is -2.46. The van der Waals surface area contributed by atoms with Crippen molar-refractivity contribution in [2.45, 2.75) is 25.2 Å². The molecule has 0 radical (unpaired) electrons. The fraction of sp³-hybridized carbons (Fsp3) is 0.857. The summed E-state index contributed by atoms with van der Waals surface area (Å²) in [5.41, 5.74) is -1.96. The molecule has 7 nitrogen and oxygen atoms in total. The van der Waals surface area contributed by atoms with Gasteiger partial charge in [0.2, 0.25) is 5.60 Å². The Morgan fingerprint density at radius 2 is 2.00 bits per heavy atom. The molecule has 15 heavy (non-hydrogen) atoms. The van der Waals surface area contributed by atoms with Gasteiger partial charge in [-0.3, -0.25) is 4.57 Å². The molecule has 0 aromatic carbocycles. The highest BCUT2D eigenvalue weighted by atomic mass is 31.2. The van der Waals surface area contributed by atoms with Gasteiger partial charge in [-0.15, -0.1) is 0 Å². The summed E-state index contributed by atoms with van der Waals surface area (Å²) in [6, 6.07) is 0. The van der Waals surface area contributed by atoms with Crippen LogP contribution in [-0.2, 0) is 18.8 Å². The lowest BCUT2D eigenvalue weighted by atomic mass is 10.1. The van der Waals surface area contributed by atoms with Crippen LogP contribution in [0.15, 0.2) is 0 Å². The molecule has 1 aliphatic heterocycles. The van der Waals surface area contributed by atoms with E-state index in [2.05, 4.69) is 0 Å². The standard InChI is InChI=1S/C7H13O7P/c1-6(2)13-3-7(14-6,5(8)9)4-15(10,11)12/h3-4H2,1-2H3,(H,8,9)(H2,10,11,12). The number of carbonyl (C=O) groups is 1.